The number of hydrogen-bond donors (Lipinski definition) is 2. The average Bonchev–Trinajstić information content (AvgIpc) is 3.19. The van der Waals surface area contributed by atoms with Crippen LogP contribution in [0.3, 0.4) is 0 Å². The number of guanidine groups is 1. The van der Waals surface area contributed by atoms with Gasteiger partial charge in [0, 0.05) is 33.9 Å². The summed E-state index contributed by atoms with van der Waals surface area (Å²) in [5.41, 5.74) is 1.44. The molecule has 0 aromatic heterocycles. The molecule has 1 atom stereocenters. The third-order valence-electron chi connectivity index (χ3n) is 5.80. The van der Waals surface area contributed by atoms with Crippen molar-refractivity contribution in [1.82, 2.24) is 15.5 Å². The predicted molar refractivity (Wildman–Crippen MR) is 119 cm³/mol. The summed E-state index contributed by atoms with van der Waals surface area (Å²) >= 11 is 0. The summed E-state index contributed by atoms with van der Waals surface area (Å²) < 4.78 is 5.63. The number of nitrogens with one attached hydrogen (secondary N) is 2. The van der Waals surface area contributed by atoms with E-state index in [1.807, 2.05) is 25.1 Å². The number of carbonyl (C=O) groups is 1. The molecule has 29 heavy (non-hydrogen) atoms. The maximum Gasteiger partial charge on any atom is 0.243 e. The summed E-state index contributed by atoms with van der Waals surface area (Å²) in [5.74, 6) is 0.685. The van der Waals surface area contributed by atoms with Gasteiger partial charge in [-0.1, -0.05) is 43.2 Å². The molecule has 1 unspecified atom stereocenters. The maximum absolute atomic E-state index is 12.0. The Balaban J connectivity index is 2.05. The van der Waals surface area contributed by atoms with Crippen molar-refractivity contribution in [3.63, 3.8) is 0 Å². The van der Waals surface area contributed by atoms with Gasteiger partial charge in [-0.25, -0.2) is 4.99 Å². The number of rotatable bonds is 10. The lowest BCUT2D eigenvalue weighted by molar-refractivity contribution is -0.127. The van der Waals surface area contributed by atoms with E-state index in [9.17, 15) is 4.79 Å². The molecule has 1 aromatic carbocycles. The van der Waals surface area contributed by atoms with E-state index in [2.05, 4.69) is 34.7 Å². The minimum atomic E-state index is -0.00890. The lowest BCUT2D eigenvalue weighted by Gasteiger charge is -2.30. The first-order valence-electron chi connectivity index (χ1n) is 10.8. The van der Waals surface area contributed by atoms with Gasteiger partial charge >= 0.3 is 0 Å². The number of aliphatic imine (C=N–C) groups is 1. The molecule has 0 aliphatic heterocycles. The number of hydrogen-bond acceptors (Lipinski definition) is 3. The monoisotopic (exact) mass is 402 g/mol. The standard InChI is InChI=1S/C23H38N4O2/c1-5-29-16-15-23(13-9-10-14-23)18-25-22(24-17-21(28)27(3)4)26-19(2)20-11-7-6-8-12-20/h6-8,11-12,19H,5,9-10,13-18H2,1-4H3,(H2,24,25,26). The molecule has 6 nitrogen and oxygen atoms in total. The van der Waals surface area contributed by atoms with Crippen LogP contribution in [0.2, 0.25) is 0 Å². The van der Waals surface area contributed by atoms with Gasteiger partial charge in [0.1, 0.15) is 6.54 Å². The number of ether oxygens (including phenoxy) is 1. The summed E-state index contributed by atoms with van der Waals surface area (Å²) in [5, 5.41) is 7.01. The van der Waals surface area contributed by atoms with Gasteiger partial charge in [-0.2, -0.15) is 0 Å². The molecule has 0 saturated heterocycles. The summed E-state index contributed by atoms with van der Waals surface area (Å²) in [6.45, 7) is 6.71. The van der Waals surface area contributed by atoms with Crippen molar-refractivity contribution in [2.24, 2.45) is 10.4 Å². The SMILES string of the molecule is CCOCCC1(CNC(=NCC(=O)N(C)C)NC(C)c2ccccc2)CCCC1. The summed E-state index contributed by atoms with van der Waals surface area (Å²) in [6, 6.07) is 10.4. The third-order valence-corrected chi connectivity index (χ3v) is 5.80. The smallest absolute Gasteiger partial charge is 0.243 e. The fraction of sp³-hybridized carbons (Fsp3) is 0.652. The quantitative estimate of drug-likeness (QED) is 0.358. The van der Waals surface area contributed by atoms with Crippen molar-refractivity contribution >= 4 is 11.9 Å². The highest BCUT2D eigenvalue weighted by atomic mass is 16.5. The minimum absolute atomic E-state index is 0.00890. The van der Waals surface area contributed by atoms with E-state index >= 15 is 0 Å². The molecule has 0 radical (unpaired) electrons. The van der Waals surface area contributed by atoms with Crippen LogP contribution in [0, 0.1) is 5.41 Å². The zero-order chi connectivity index (χ0) is 21.1. The van der Waals surface area contributed by atoms with Crippen molar-refractivity contribution in [3.8, 4) is 0 Å². The Morgan fingerprint density at radius 1 is 1.24 bits per heavy atom. The highest BCUT2D eigenvalue weighted by Gasteiger charge is 2.33. The number of benzene rings is 1. The second kappa shape index (κ2) is 11.8. The normalized spacial score (nSPS) is 17.0. The molecule has 0 heterocycles. The molecule has 0 spiro atoms. The van der Waals surface area contributed by atoms with E-state index in [0.29, 0.717) is 5.96 Å². The fourth-order valence-electron chi connectivity index (χ4n) is 3.82. The second-order valence-electron chi connectivity index (χ2n) is 8.24. The van der Waals surface area contributed by atoms with Crippen LogP contribution >= 0.6 is 0 Å². The molecular formula is C23H38N4O2. The fourth-order valence-corrected chi connectivity index (χ4v) is 3.82. The van der Waals surface area contributed by atoms with Gasteiger partial charge in [0.25, 0.3) is 0 Å². The lowest BCUT2D eigenvalue weighted by atomic mass is 9.83. The third kappa shape index (κ3) is 7.69. The van der Waals surface area contributed by atoms with E-state index in [-0.39, 0.29) is 23.9 Å². The Bertz CT molecular complexity index is 640. The first kappa shape index (κ1) is 23.2. The van der Waals surface area contributed by atoms with Crippen LogP contribution in [-0.4, -0.2) is 57.2 Å². The van der Waals surface area contributed by atoms with Crippen molar-refractivity contribution in [3.05, 3.63) is 35.9 Å². The molecule has 1 aromatic rings. The first-order chi connectivity index (χ1) is 14.0. The molecule has 1 aliphatic rings. The Morgan fingerprint density at radius 2 is 1.93 bits per heavy atom. The van der Waals surface area contributed by atoms with Gasteiger partial charge in [0.15, 0.2) is 5.96 Å². The van der Waals surface area contributed by atoms with Crippen molar-refractivity contribution < 1.29 is 9.53 Å². The van der Waals surface area contributed by atoms with Crippen LogP contribution in [0.1, 0.15) is 57.6 Å². The van der Waals surface area contributed by atoms with E-state index in [1.165, 1.54) is 31.2 Å². The highest BCUT2D eigenvalue weighted by Crippen LogP contribution is 2.40. The van der Waals surface area contributed by atoms with Gasteiger partial charge in [0.05, 0.1) is 6.04 Å². The Kier molecular flexibility index (Phi) is 9.45. The van der Waals surface area contributed by atoms with E-state index < -0.39 is 0 Å². The summed E-state index contributed by atoms with van der Waals surface area (Å²) in [4.78, 5) is 18.2. The van der Waals surface area contributed by atoms with E-state index in [0.717, 1.165) is 26.2 Å². The van der Waals surface area contributed by atoms with Crippen molar-refractivity contribution in [1.29, 1.82) is 0 Å². The lowest BCUT2D eigenvalue weighted by Crippen LogP contribution is -2.44. The number of carbonyl (C=O) groups excluding carboxylic acids is 1. The van der Waals surface area contributed by atoms with E-state index in [4.69, 9.17) is 4.74 Å². The molecule has 1 saturated carbocycles. The molecule has 162 valence electrons. The zero-order valence-electron chi connectivity index (χ0n) is 18.5. The average molecular weight is 403 g/mol. The van der Waals surface area contributed by atoms with E-state index in [1.54, 1.807) is 19.0 Å². The van der Waals surface area contributed by atoms with Crippen LogP contribution in [0.5, 0.6) is 0 Å². The largest absolute Gasteiger partial charge is 0.382 e. The van der Waals surface area contributed by atoms with Gasteiger partial charge in [0.2, 0.25) is 5.91 Å². The Morgan fingerprint density at radius 3 is 2.55 bits per heavy atom. The molecule has 6 heteroatoms. The molecule has 1 amide bonds. The first-order valence-corrected chi connectivity index (χ1v) is 10.8. The molecule has 1 fully saturated rings. The number of amides is 1. The number of likely N-dealkylation sites (N-methyl/N-ethyl adjacent to an activating group) is 1. The van der Waals surface area contributed by atoms with Gasteiger partial charge in [-0.3, -0.25) is 4.79 Å². The predicted octanol–water partition coefficient (Wildman–Crippen LogP) is 3.36. The summed E-state index contributed by atoms with van der Waals surface area (Å²) in [7, 11) is 3.51. The van der Waals surface area contributed by atoms with Crippen LogP contribution in [0.25, 0.3) is 0 Å². The number of nitrogens with zero attached hydrogens (tertiary/aromatic N) is 2. The van der Waals surface area contributed by atoms with Crippen LogP contribution in [0.15, 0.2) is 35.3 Å². The van der Waals surface area contributed by atoms with Gasteiger partial charge < -0.3 is 20.3 Å². The van der Waals surface area contributed by atoms with Crippen LogP contribution in [0.4, 0.5) is 0 Å². The molecular weight excluding hydrogens is 364 g/mol. The molecule has 1 aliphatic carbocycles. The maximum atomic E-state index is 12.0. The van der Waals surface area contributed by atoms with Crippen LogP contribution < -0.4 is 10.6 Å². The highest BCUT2D eigenvalue weighted by molar-refractivity contribution is 5.85. The Hall–Kier alpha value is -2.08. The molecule has 2 rings (SSSR count). The van der Waals surface area contributed by atoms with Gasteiger partial charge in [-0.15, -0.1) is 0 Å². The second-order valence-corrected chi connectivity index (χ2v) is 8.24. The van der Waals surface area contributed by atoms with Crippen molar-refractivity contribution in [2.45, 2.75) is 52.0 Å². The summed E-state index contributed by atoms with van der Waals surface area (Å²) in [6.07, 6.45) is 6.03. The van der Waals surface area contributed by atoms with Crippen molar-refractivity contribution in [2.75, 3.05) is 40.4 Å². The van der Waals surface area contributed by atoms with Gasteiger partial charge in [-0.05, 0) is 44.1 Å². The van der Waals surface area contributed by atoms with Crippen LogP contribution in [-0.2, 0) is 9.53 Å². The minimum Gasteiger partial charge on any atom is -0.382 e. The molecule has 0 bridgehead atoms. The topological polar surface area (TPSA) is 66.0 Å². The Labute approximate surface area is 176 Å². The zero-order valence-corrected chi connectivity index (χ0v) is 18.5. The molecule has 2 N–H and O–H groups in total.